The first-order chi connectivity index (χ1) is 41.2. The van der Waals surface area contributed by atoms with Gasteiger partial charge in [0.2, 0.25) is 0 Å². The highest BCUT2D eigenvalue weighted by Crippen LogP contribution is 2.23. The van der Waals surface area contributed by atoms with Crippen molar-refractivity contribution in [3.05, 3.63) is 109 Å². The topological polar surface area (TPSA) is 134 Å². The molecule has 0 aliphatic rings. The molecule has 0 unspecified atom stereocenters. The Morgan fingerprint density at radius 3 is 0.762 bits per heavy atom. The number of ether oxygens (including phenoxy) is 9. The Labute approximate surface area is 508 Å². The van der Waals surface area contributed by atoms with E-state index in [2.05, 4.69) is 19.7 Å². The van der Waals surface area contributed by atoms with E-state index in [1.807, 2.05) is 72.8 Å². The molecular weight excluding hydrogens is 1060 g/mol. The summed E-state index contributed by atoms with van der Waals surface area (Å²) in [4.78, 5) is 35.8. The molecule has 0 atom stereocenters. The quantitative estimate of drug-likeness (QED) is 0.0230. The molecule has 3 aromatic rings. The summed E-state index contributed by atoms with van der Waals surface area (Å²) in [6.07, 6.45) is 36.3. The number of esters is 3. The van der Waals surface area contributed by atoms with Gasteiger partial charge in [-0.25, -0.2) is 14.4 Å². The van der Waals surface area contributed by atoms with Crippen molar-refractivity contribution in [2.24, 2.45) is 0 Å². The molecule has 0 fully saturated rings. The molecule has 0 radical (unpaired) electrons. The van der Waals surface area contributed by atoms with Crippen molar-refractivity contribution in [2.45, 2.75) is 219 Å². The standard InChI is InChI=1S/C72H110O12/c1-7-78-70(73)60(4)63-40-46-66(47-41-63)81-54-36-30-24-18-12-10-16-22-28-34-52-76-58-69(84-57-39-33-27-21-15-14-20-26-32-38-56-83-68-50-44-65(45-51-68)62(6)72(75)80-9-3)59-77-53-35-29-23-17-11-13-19-25-31-37-55-82-67-48-42-64(43-49-67)61(5)71(74)79-8-2/h40-51,69H,4-39,52-59H2,1-3H3. The Balaban J connectivity index is 1.19. The fourth-order valence-corrected chi connectivity index (χ4v) is 9.72. The average Bonchev–Trinajstić information content (AvgIpc) is 3.56. The second kappa shape index (κ2) is 49.8. The summed E-state index contributed by atoms with van der Waals surface area (Å²) >= 11 is 0. The van der Waals surface area contributed by atoms with Gasteiger partial charge in [-0.1, -0.05) is 210 Å². The third-order valence-corrected chi connectivity index (χ3v) is 14.8. The van der Waals surface area contributed by atoms with Gasteiger partial charge in [0.1, 0.15) is 23.4 Å². The second-order valence-electron chi connectivity index (χ2n) is 22.0. The fourth-order valence-electron chi connectivity index (χ4n) is 9.72. The predicted molar refractivity (Wildman–Crippen MR) is 343 cm³/mol. The lowest BCUT2D eigenvalue weighted by Gasteiger charge is -2.18. The van der Waals surface area contributed by atoms with Crippen molar-refractivity contribution >= 4 is 34.6 Å². The van der Waals surface area contributed by atoms with Crippen LogP contribution < -0.4 is 14.2 Å². The van der Waals surface area contributed by atoms with E-state index in [9.17, 15) is 14.4 Å². The maximum atomic E-state index is 11.9. The molecule has 0 spiro atoms. The highest BCUT2D eigenvalue weighted by molar-refractivity contribution is 6.16. The summed E-state index contributed by atoms with van der Waals surface area (Å²) < 4.78 is 51.6. The first-order valence-electron chi connectivity index (χ1n) is 32.7. The lowest BCUT2D eigenvalue weighted by molar-refractivity contribution is -0.136. The van der Waals surface area contributed by atoms with Gasteiger partial charge in [0.15, 0.2) is 0 Å². The van der Waals surface area contributed by atoms with Crippen molar-refractivity contribution in [1.29, 1.82) is 0 Å². The van der Waals surface area contributed by atoms with Crippen LogP contribution in [0.4, 0.5) is 0 Å². The molecule has 84 heavy (non-hydrogen) atoms. The molecule has 0 aromatic heterocycles. The van der Waals surface area contributed by atoms with Gasteiger partial charge >= 0.3 is 17.9 Å². The lowest BCUT2D eigenvalue weighted by atomic mass is 10.1. The number of benzene rings is 3. The van der Waals surface area contributed by atoms with E-state index >= 15 is 0 Å². The zero-order valence-electron chi connectivity index (χ0n) is 52.5. The Kier molecular flexibility index (Phi) is 43.2. The molecule has 0 N–H and O–H groups in total. The van der Waals surface area contributed by atoms with E-state index in [1.54, 1.807) is 20.8 Å². The van der Waals surface area contributed by atoms with Crippen LogP contribution in [0, 0.1) is 0 Å². The van der Waals surface area contributed by atoms with Gasteiger partial charge in [0.25, 0.3) is 0 Å². The molecule has 0 bridgehead atoms. The zero-order chi connectivity index (χ0) is 60.3. The monoisotopic (exact) mass is 1170 g/mol. The van der Waals surface area contributed by atoms with Crippen LogP contribution in [0.3, 0.4) is 0 Å². The molecule has 12 nitrogen and oxygen atoms in total. The first-order valence-corrected chi connectivity index (χ1v) is 32.7. The number of rotatable bonds is 56. The minimum absolute atomic E-state index is 0.0228. The number of hydrogen-bond acceptors (Lipinski definition) is 12. The predicted octanol–water partition coefficient (Wildman–Crippen LogP) is 18.1. The van der Waals surface area contributed by atoms with Gasteiger partial charge in [-0.05, 0) is 112 Å². The Morgan fingerprint density at radius 2 is 0.524 bits per heavy atom. The van der Waals surface area contributed by atoms with Gasteiger partial charge in [-0.3, -0.25) is 0 Å². The smallest absolute Gasteiger partial charge is 0.338 e. The maximum Gasteiger partial charge on any atom is 0.338 e. The normalized spacial score (nSPS) is 11.1. The second-order valence-corrected chi connectivity index (χ2v) is 22.0. The number of hydrogen-bond donors (Lipinski definition) is 0. The van der Waals surface area contributed by atoms with Crippen LogP contribution in [-0.4, -0.2) is 96.7 Å². The van der Waals surface area contributed by atoms with Crippen molar-refractivity contribution in [3.8, 4) is 17.2 Å². The van der Waals surface area contributed by atoms with Gasteiger partial charge in [0, 0.05) is 19.8 Å². The highest BCUT2D eigenvalue weighted by Gasteiger charge is 2.14. The molecular formula is C72H110O12. The van der Waals surface area contributed by atoms with Crippen LogP contribution in [-0.2, 0) is 42.8 Å². The van der Waals surface area contributed by atoms with E-state index in [1.165, 1.54) is 154 Å². The van der Waals surface area contributed by atoms with Crippen molar-refractivity contribution in [2.75, 3.05) is 72.7 Å². The van der Waals surface area contributed by atoms with Crippen molar-refractivity contribution < 1.29 is 57.0 Å². The van der Waals surface area contributed by atoms with E-state index in [0.29, 0.717) is 69.6 Å². The summed E-state index contributed by atoms with van der Waals surface area (Å²) in [5.74, 6) is 1.27. The summed E-state index contributed by atoms with van der Waals surface area (Å²) in [7, 11) is 0. The van der Waals surface area contributed by atoms with Crippen LogP contribution >= 0.6 is 0 Å². The van der Waals surface area contributed by atoms with Crippen molar-refractivity contribution in [1.82, 2.24) is 0 Å². The number of unbranched alkanes of at least 4 members (excludes halogenated alkanes) is 27. The minimum atomic E-state index is -0.387. The lowest BCUT2D eigenvalue weighted by Crippen LogP contribution is -2.26. The van der Waals surface area contributed by atoms with Crippen LogP contribution in [0.15, 0.2) is 92.5 Å². The van der Waals surface area contributed by atoms with Crippen LogP contribution in [0.25, 0.3) is 16.7 Å². The molecule has 0 saturated carbocycles. The Morgan fingerprint density at radius 1 is 0.310 bits per heavy atom. The molecule has 0 amide bonds. The van der Waals surface area contributed by atoms with E-state index in [-0.39, 0.29) is 24.0 Å². The van der Waals surface area contributed by atoms with Gasteiger partial charge in [0.05, 0.1) is 69.6 Å². The maximum absolute atomic E-state index is 11.9. The summed E-state index contributed by atoms with van der Waals surface area (Å²) in [5.41, 5.74) is 3.35. The minimum Gasteiger partial charge on any atom is -0.494 e. The van der Waals surface area contributed by atoms with Gasteiger partial charge in [-0.15, -0.1) is 0 Å². The Bertz CT molecular complexity index is 2060. The van der Waals surface area contributed by atoms with Crippen LogP contribution in [0.2, 0.25) is 0 Å². The highest BCUT2D eigenvalue weighted by atomic mass is 16.6. The number of carbonyl (C=O) groups excluding carboxylic acids is 3. The van der Waals surface area contributed by atoms with Gasteiger partial charge < -0.3 is 42.6 Å². The third kappa shape index (κ3) is 35.8. The van der Waals surface area contributed by atoms with Gasteiger partial charge in [-0.2, -0.15) is 0 Å². The molecule has 0 saturated heterocycles. The molecule has 0 aliphatic heterocycles. The summed E-state index contributed by atoms with van der Waals surface area (Å²) in [6.45, 7) is 23.5. The molecule has 0 heterocycles. The Hall–Kier alpha value is -5.43. The van der Waals surface area contributed by atoms with E-state index < -0.39 is 0 Å². The van der Waals surface area contributed by atoms with Crippen LogP contribution in [0.1, 0.15) is 230 Å². The average molecular weight is 1170 g/mol. The molecule has 12 heteroatoms. The SMILES string of the molecule is C=C(C(=O)OCC)c1ccc(OCCCCCCCCCCCCOCC(COCCCCCCCCCCCCOc2ccc(C(=C)C(=O)OCC)cc2)OCCCCCCCCCCCCOc2ccc(C(=C)C(=O)OCC)cc2)cc1. The zero-order valence-corrected chi connectivity index (χ0v) is 52.5. The molecule has 0 aliphatic carbocycles. The van der Waals surface area contributed by atoms with E-state index in [0.717, 1.165) is 92.3 Å². The summed E-state index contributed by atoms with van der Waals surface area (Å²) in [6, 6.07) is 22.5. The van der Waals surface area contributed by atoms with E-state index in [4.69, 9.17) is 42.6 Å². The summed E-state index contributed by atoms with van der Waals surface area (Å²) in [5, 5.41) is 0. The first kappa shape index (κ1) is 72.8. The molecule has 470 valence electrons. The number of carbonyl (C=O) groups is 3. The fraction of sp³-hybridized carbons (Fsp3) is 0.625. The third-order valence-electron chi connectivity index (χ3n) is 14.8. The molecule has 3 aromatic carbocycles. The van der Waals surface area contributed by atoms with Crippen molar-refractivity contribution in [3.63, 3.8) is 0 Å². The van der Waals surface area contributed by atoms with Crippen LogP contribution in [0.5, 0.6) is 17.2 Å². The largest absolute Gasteiger partial charge is 0.494 e. The molecule has 3 rings (SSSR count).